The number of hydrogen-bond donors (Lipinski definition) is 1. The van der Waals surface area contributed by atoms with Gasteiger partial charge in [-0.05, 0) is 48.7 Å². The number of unbranched alkanes of at least 4 members (excludes halogenated alkanes) is 1. The molecule has 0 saturated carbocycles. The van der Waals surface area contributed by atoms with Crippen LogP contribution in [0.2, 0.25) is 0 Å². The number of furan rings is 1. The first-order valence-electron chi connectivity index (χ1n) is 13.5. The highest BCUT2D eigenvalue weighted by molar-refractivity contribution is 5.97. The van der Waals surface area contributed by atoms with Crippen LogP contribution in [0.3, 0.4) is 0 Å². The molecule has 0 fully saturated rings. The normalized spacial score (nSPS) is 10.9. The van der Waals surface area contributed by atoms with Gasteiger partial charge in [0.15, 0.2) is 6.61 Å². The van der Waals surface area contributed by atoms with Gasteiger partial charge in [-0.2, -0.15) is 0 Å². The highest BCUT2D eigenvalue weighted by Gasteiger charge is 2.20. The third-order valence-corrected chi connectivity index (χ3v) is 6.33. The fraction of sp³-hybridized carbons (Fsp3) is 0.312. The fourth-order valence-corrected chi connectivity index (χ4v) is 4.35. The Labute approximate surface area is 234 Å². The van der Waals surface area contributed by atoms with Crippen LogP contribution in [0.1, 0.15) is 43.4 Å². The van der Waals surface area contributed by atoms with Crippen molar-refractivity contribution in [3.05, 3.63) is 83.6 Å². The zero-order valence-electron chi connectivity index (χ0n) is 22.9. The number of para-hydroxylation sites is 1. The Morgan fingerprint density at radius 3 is 2.55 bits per heavy atom. The number of esters is 2. The highest BCUT2D eigenvalue weighted by atomic mass is 16.6. The van der Waals surface area contributed by atoms with Crippen LogP contribution >= 0.6 is 0 Å². The quantitative estimate of drug-likeness (QED) is 0.153. The molecule has 210 valence electrons. The second-order valence-electron chi connectivity index (χ2n) is 9.22. The average Bonchev–Trinajstić information content (AvgIpc) is 3.46. The van der Waals surface area contributed by atoms with E-state index in [-0.39, 0.29) is 25.6 Å². The van der Waals surface area contributed by atoms with Crippen molar-refractivity contribution < 1.29 is 33.0 Å². The van der Waals surface area contributed by atoms with E-state index < -0.39 is 5.97 Å². The summed E-state index contributed by atoms with van der Waals surface area (Å²) in [5.74, 6) is 0.250. The van der Waals surface area contributed by atoms with Crippen molar-refractivity contribution in [2.24, 2.45) is 5.73 Å². The standard InChI is InChI=1S/C32H35NO7/c1-3-5-14-37-30(35)21-40-31-25(20-39-28-12-7-6-10-24(28)18-29(34)36-4-2)17-27(32-26(31)13-15-38-32)23-11-8-9-22(16-23)19-33/h6-13,15-17H,3-5,14,18-21,33H2,1-2H3. The molecule has 0 radical (unpaired) electrons. The van der Waals surface area contributed by atoms with Crippen LogP contribution in [-0.4, -0.2) is 31.8 Å². The third kappa shape index (κ3) is 7.21. The second kappa shape index (κ2) is 14.2. The van der Waals surface area contributed by atoms with Crippen LogP contribution in [0.4, 0.5) is 0 Å². The second-order valence-corrected chi connectivity index (χ2v) is 9.22. The summed E-state index contributed by atoms with van der Waals surface area (Å²) in [6.07, 6.45) is 3.40. The number of carbonyl (C=O) groups excluding carboxylic acids is 2. The topological polar surface area (TPSA) is 110 Å². The Morgan fingerprint density at radius 2 is 1.75 bits per heavy atom. The van der Waals surface area contributed by atoms with Crippen molar-refractivity contribution in [1.82, 2.24) is 0 Å². The van der Waals surface area contributed by atoms with Gasteiger partial charge in [-0.3, -0.25) is 4.79 Å². The maximum atomic E-state index is 12.4. The van der Waals surface area contributed by atoms with Crippen molar-refractivity contribution in [2.45, 2.75) is 46.3 Å². The first kappa shape index (κ1) is 28.7. The first-order valence-corrected chi connectivity index (χ1v) is 13.5. The van der Waals surface area contributed by atoms with E-state index in [2.05, 4.69) is 0 Å². The first-order chi connectivity index (χ1) is 19.5. The van der Waals surface area contributed by atoms with Crippen LogP contribution < -0.4 is 15.2 Å². The van der Waals surface area contributed by atoms with Gasteiger partial charge in [0.05, 0.1) is 31.3 Å². The van der Waals surface area contributed by atoms with Crippen LogP contribution in [0.25, 0.3) is 22.1 Å². The lowest BCUT2D eigenvalue weighted by molar-refractivity contribution is -0.146. The van der Waals surface area contributed by atoms with Crippen LogP contribution in [0.5, 0.6) is 11.5 Å². The Morgan fingerprint density at radius 1 is 0.900 bits per heavy atom. The molecule has 2 N–H and O–H groups in total. The van der Waals surface area contributed by atoms with E-state index in [4.69, 9.17) is 29.1 Å². The summed E-state index contributed by atoms with van der Waals surface area (Å²) in [6.45, 7) is 4.73. The molecule has 0 saturated heterocycles. The van der Waals surface area contributed by atoms with Gasteiger partial charge in [0.25, 0.3) is 0 Å². The van der Waals surface area contributed by atoms with E-state index in [0.29, 0.717) is 53.4 Å². The van der Waals surface area contributed by atoms with E-state index >= 15 is 0 Å². The van der Waals surface area contributed by atoms with Gasteiger partial charge in [-0.1, -0.05) is 49.7 Å². The van der Waals surface area contributed by atoms with Crippen molar-refractivity contribution in [3.63, 3.8) is 0 Å². The van der Waals surface area contributed by atoms with E-state index in [1.54, 1.807) is 13.2 Å². The zero-order valence-corrected chi connectivity index (χ0v) is 22.9. The Bertz CT molecular complexity index is 1440. The van der Waals surface area contributed by atoms with Gasteiger partial charge in [0.2, 0.25) is 0 Å². The van der Waals surface area contributed by atoms with Crippen LogP contribution in [-0.2, 0) is 38.6 Å². The molecule has 1 heterocycles. The van der Waals surface area contributed by atoms with Crippen LogP contribution in [0, 0.1) is 0 Å². The van der Waals surface area contributed by atoms with Crippen molar-refractivity contribution in [3.8, 4) is 22.6 Å². The number of ether oxygens (including phenoxy) is 4. The molecule has 0 spiro atoms. The minimum atomic E-state index is -0.448. The lowest BCUT2D eigenvalue weighted by Crippen LogP contribution is -2.16. The molecule has 4 rings (SSSR count). The summed E-state index contributed by atoms with van der Waals surface area (Å²) in [7, 11) is 0. The average molecular weight is 546 g/mol. The summed E-state index contributed by atoms with van der Waals surface area (Å²) in [6, 6.07) is 19.0. The largest absolute Gasteiger partial charge is 0.488 e. The number of carbonyl (C=O) groups is 2. The monoisotopic (exact) mass is 545 g/mol. The Balaban J connectivity index is 1.69. The lowest BCUT2D eigenvalue weighted by Gasteiger charge is -2.17. The van der Waals surface area contributed by atoms with Crippen molar-refractivity contribution >= 4 is 22.9 Å². The SMILES string of the molecule is CCCCOC(=O)COc1c(COc2ccccc2CC(=O)OCC)cc(-c2cccc(CN)c2)c2occc12. The molecular weight excluding hydrogens is 510 g/mol. The van der Waals surface area contributed by atoms with Gasteiger partial charge >= 0.3 is 11.9 Å². The molecule has 0 aliphatic rings. The van der Waals surface area contributed by atoms with Crippen molar-refractivity contribution in [1.29, 1.82) is 0 Å². The predicted molar refractivity (Wildman–Crippen MR) is 152 cm³/mol. The molecular formula is C32H35NO7. The molecule has 0 aliphatic heterocycles. The molecule has 8 nitrogen and oxygen atoms in total. The van der Waals surface area contributed by atoms with E-state index in [1.807, 2.05) is 67.6 Å². The van der Waals surface area contributed by atoms with E-state index in [9.17, 15) is 9.59 Å². The smallest absolute Gasteiger partial charge is 0.344 e. The number of benzene rings is 3. The number of fused-ring (bicyclic) bond motifs is 1. The predicted octanol–water partition coefficient (Wildman–Crippen LogP) is 5.97. The molecule has 0 unspecified atom stereocenters. The zero-order chi connectivity index (χ0) is 28.3. The molecule has 4 aromatic rings. The van der Waals surface area contributed by atoms with Gasteiger partial charge in [0, 0.05) is 23.2 Å². The Kier molecular flexibility index (Phi) is 10.2. The van der Waals surface area contributed by atoms with E-state index in [0.717, 1.165) is 29.5 Å². The minimum Gasteiger partial charge on any atom is -0.488 e. The van der Waals surface area contributed by atoms with Gasteiger partial charge < -0.3 is 29.1 Å². The summed E-state index contributed by atoms with van der Waals surface area (Å²) < 4.78 is 28.6. The number of nitrogens with two attached hydrogens (primary N) is 1. The van der Waals surface area contributed by atoms with Gasteiger partial charge in [-0.15, -0.1) is 0 Å². The minimum absolute atomic E-state index is 0.0921. The summed E-state index contributed by atoms with van der Waals surface area (Å²) in [5, 5.41) is 0.704. The van der Waals surface area contributed by atoms with Gasteiger partial charge in [-0.25, -0.2) is 4.79 Å². The summed E-state index contributed by atoms with van der Waals surface area (Å²) in [5.41, 5.74) is 10.7. The third-order valence-electron chi connectivity index (χ3n) is 6.33. The molecule has 0 atom stereocenters. The maximum Gasteiger partial charge on any atom is 0.344 e. The number of hydrogen-bond acceptors (Lipinski definition) is 8. The molecule has 0 amide bonds. The fourth-order valence-electron chi connectivity index (χ4n) is 4.35. The van der Waals surface area contributed by atoms with Gasteiger partial charge in [0.1, 0.15) is 23.7 Å². The molecule has 1 aromatic heterocycles. The lowest BCUT2D eigenvalue weighted by atomic mass is 9.98. The molecule has 0 aliphatic carbocycles. The molecule has 0 bridgehead atoms. The summed E-state index contributed by atoms with van der Waals surface area (Å²) >= 11 is 0. The molecule has 40 heavy (non-hydrogen) atoms. The summed E-state index contributed by atoms with van der Waals surface area (Å²) in [4.78, 5) is 24.5. The highest BCUT2D eigenvalue weighted by Crippen LogP contribution is 2.39. The van der Waals surface area contributed by atoms with E-state index in [1.165, 1.54) is 0 Å². The Hall–Kier alpha value is -4.30. The van der Waals surface area contributed by atoms with Crippen molar-refractivity contribution in [2.75, 3.05) is 19.8 Å². The van der Waals surface area contributed by atoms with Crippen LogP contribution in [0.15, 0.2) is 71.3 Å². The molecule has 8 heteroatoms. The maximum absolute atomic E-state index is 12.4. The molecule has 3 aromatic carbocycles. The number of rotatable bonds is 14.